The first-order chi connectivity index (χ1) is 9.19. The maximum atomic E-state index is 12.2. The minimum atomic E-state index is -5.21. The van der Waals surface area contributed by atoms with Crippen LogP contribution in [-0.2, 0) is 3.07 Å². The topological polar surface area (TPSA) is 17.1 Å². The van der Waals surface area contributed by atoms with E-state index in [-0.39, 0.29) is 6.42 Å². The molecular weight excluding hydrogens is 401 g/mol. The summed E-state index contributed by atoms with van der Waals surface area (Å²) < 4.78 is 84.3. The molecule has 0 aliphatic rings. The zero-order valence-corrected chi connectivity index (χ0v) is 13.2. The zero-order chi connectivity index (χ0) is 15.6. The van der Waals surface area contributed by atoms with E-state index in [1.807, 2.05) is 0 Å². The molecule has 122 valence electrons. The molecule has 0 rings (SSSR count). The standard InChI is InChI=1S/C12H19F6IO/c13-11(14,15)10(12(16,17)18)8-6-4-2-1-3-5-7-9-19-20/h10H,1-9H2. The molecule has 0 aromatic carbocycles. The van der Waals surface area contributed by atoms with E-state index >= 15 is 0 Å². The van der Waals surface area contributed by atoms with Crippen LogP contribution in [0.5, 0.6) is 0 Å². The van der Waals surface area contributed by atoms with Gasteiger partial charge in [-0.1, -0.05) is 38.5 Å². The lowest BCUT2D eigenvalue weighted by Gasteiger charge is -2.22. The smallest absolute Gasteiger partial charge is 0.270 e. The first-order valence-corrected chi connectivity index (χ1v) is 8.95. The van der Waals surface area contributed by atoms with Crippen LogP contribution in [0.15, 0.2) is 0 Å². The number of rotatable bonds is 10. The van der Waals surface area contributed by atoms with E-state index in [9.17, 15) is 29.4 Å². The van der Waals surface area contributed by atoms with Crippen molar-refractivity contribution in [3.63, 3.8) is 0 Å². The molecule has 0 saturated carbocycles. The van der Waals surface area contributed by atoms with Crippen LogP contribution in [0.3, 0.4) is 0 Å². The van der Waals surface area contributed by atoms with Gasteiger partial charge in [0.25, 0.3) is 0 Å². The molecule has 0 heterocycles. The van der Waals surface area contributed by atoms with E-state index in [4.69, 9.17) is 0 Å². The Morgan fingerprint density at radius 3 is 1.50 bits per heavy atom. The Bertz CT molecular complexity index is 250. The van der Waals surface area contributed by atoms with Crippen LogP contribution in [0.1, 0.15) is 51.4 Å². The minimum Gasteiger partial charge on any atom is -0.270 e. The third-order valence-corrected chi connectivity index (χ3v) is 4.20. The molecule has 0 N–H and O–H groups in total. The minimum absolute atomic E-state index is 0.0598. The monoisotopic (exact) mass is 420 g/mol. The number of hydrogen-bond donors (Lipinski definition) is 0. The van der Waals surface area contributed by atoms with Crippen LogP contribution in [0.4, 0.5) is 26.3 Å². The average Bonchev–Trinajstić information content (AvgIpc) is 2.28. The van der Waals surface area contributed by atoms with Crippen molar-refractivity contribution in [2.24, 2.45) is 5.92 Å². The second-order valence-electron chi connectivity index (χ2n) is 4.70. The van der Waals surface area contributed by atoms with Crippen LogP contribution in [0, 0.1) is 5.92 Å². The van der Waals surface area contributed by atoms with Gasteiger partial charge in [-0.3, -0.25) is 3.07 Å². The fourth-order valence-electron chi connectivity index (χ4n) is 1.89. The Morgan fingerprint density at radius 1 is 0.700 bits per heavy atom. The summed E-state index contributed by atoms with van der Waals surface area (Å²) in [5.41, 5.74) is 0. The van der Waals surface area contributed by atoms with Crippen LogP contribution in [0.25, 0.3) is 0 Å². The van der Waals surface area contributed by atoms with E-state index < -0.39 is 45.9 Å². The van der Waals surface area contributed by atoms with E-state index in [2.05, 4.69) is 0 Å². The van der Waals surface area contributed by atoms with Crippen molar-refractivity contribution >= 4 is 21.2 Å². The van der Waals surface area contributed by atoms with Gasteiger partial charge in [0, 0.05) is 4.43 Å². The molecule has 0 aromatic rings. The van der Waals surface area contributed by atoms with E-state index in [1.54, 1.807) is 0 Å². The van der Waals surface area contributed by atoms with E-state index in [0.29, 0.717) is 12.8 Å². The maximum Gasteiger partial charge on any atom is 0.400 e. The van der Waals surface area contributed by atoms with Gasteiger partial charge in [-0.2, -0.15) is 26.3 Å². The van der Waals surface area contributed by atoms with Crippen LogP contribution in [-0.4, -0.2) is 16.8 Å². The Balaban J connectivity index is 3.73. The van der Waals surface area contributed by atoms with Crippen LogP contribution < -0.4 is 0 Å². The van der Waals surface area contributed by atoms with Gasteiger partial charge in [0.2, 0.25) is 0 Å². The molecule has 8 heteroatoms. The molecule has 0 bridgehead atoms. The Morgan fingerprint density at radius 2 is 1.10 bits per heavy atom. The van der Waals surface area contributed by atoms with Gasteiger partial charge in [0.1, 0.15) is 21.2 Å². The van der Waals surface area contributed by atoms with Gasteiger partial charge in [-0.05, 0) is 12.8 Å². The van der Waals surface area contributed by atoms with Gasteiger partial charge in [0.05, 0.1) is 0 Å². The molecule has 0 aromatic heterocycles. The molecule has 0 unspecified atom stereocenters. The molecule has 0 spiro atoms. The Labute approximate surface area is 125 Å². The highest BCUT2D eigenvalue weighted by Gasteiger charge is 2.55. The summed E-state index contributed by atoms with van der Waals surface area (Å²) in [5.74, 6) is -3.20. The lowest BCUT2D eigenvalue weighted by atomic mass is 9.99. The summed E-state index contributed by atoms with van der Waals surface area (Å²) in [5, 5.41) is 0. The van der Waals surface area contributed by atoms with Crippen molar-refractivity contribution in [1.29, 1.82) is 0 Å². The molecule has 0 atom stereocenters. The predicted molar refractivity (Wildman–Crippen MR) is 72.1 cm³/mol. The molecule has 0 radical (unpaired) electrons. The second-order valence-corrected chi connectivity index (χ2v) is 6.40. The summed E-state index contributed by atoms with van der Waals surface area (Å²) in [7, 11) is 0. The lowest BCUT2D eigenvalue weighted by molar-refractivity contribution is -0.285. The molecule has 0 fully saturated rings. The SMILES string of the molecule is O=ICCCCCCCCCC(C(F)(F)F)C(F)(F)F. The van der Waals surface area contributed by atoms with Gasteiger partial charge < -0.3 is 0 Å². The molecule has 20 heavy (non-hydrogen) atoms. The van der Waals surface area contributed by atoms with Crippen molar-refractivity contribution < 1.29 is 29.4 Å². The fraction of sp³-hybridized carbons (Fsp3) is 1.00. The summed E-state index contributed by atoms with van der Waals surface area (Å²) in [6.45, 7) is 0. The summed E-state index contributed by atoms with van der Waals surface area (Å²) >= 11 is -0.918. The Hall–Kier alpha value is 0.110. The summed E-state index contributed by atoms with van der Waals surface area (Å²) in [6.07, 6.45) is -6.81. The second kappa shape index (κ2) is 9.94. The largest absolute Gasteiger partial charge is 0.400 e. The summed E-state index contributed by atoms with van der Waals surface area (Å²) in [6, 6.07) is 0. The van der Waals surface area contributed by atoms with Crippen LogP contribution in [0.2, 0.25) is 0 Å². The third-order valence-electron chi connectivity index (χ3n) is 2.99. The molecule has 0 saturated heterocycles. The highest BCUT2D eigenvalue weighted by Crippen LogP contribution is 2.42. The molecule has 0 aliphatic heterocycles. The number of unbranched alkanes of at least 4 members (excludes halogenated alkanes) is 6. The van der Waals surface area contributed by atoms with Gasteiger partial charge in [-0.15, -0.1) is 0 Å². The van der Waals surface area contributed by atoms with Gasteiger partial charge in [-0.25, -0.2) is 0 Å². The Kier molecular flexibility index (Phi) is 10.00. The fourth-order valence-corrected chi connectivity index (χ4v) is 2.75. The molecule has 1 nitrogen and oxygen atoms in total. The summed E-state index contributed by atoms with van der Waals surface area (Å²) in [4.78, 5) is 0. The zero-order valence-electron chi connectivity index (χ0n) is 11.0. The van der Waals surface area contributed by atoms with Crippen molar-refractivity contribution in [3.8, 4) is 0 Å². The van der Waals surface area contributed by atoms with Crippen molar-refractivity contribution in [2.45, 2.75) is 63.7 Å². The number of alkyl halides is 7. The average molecular weight is 420 g/mol. The first-order valence-electron chi connectivity index (χ1n) is 6.54. The normalized spacial score (nSPS) is 13.2. The number of hydrogen-bond acceptors (Lipinski definition) is 1. The third kappa shape index (κ3) is 9.93. The van der Waals surface area contributed by atoms with Gasteiger partial charge >= 0.3 is 12.4 Å². The van der Waals surface area contributed by atoms with Crippen molar-refractivity contribution in [2.75, 3.05) is 4.43 Å². The van der Waals surface area contributed by atoms with Crippen LogP contribution >= 0.6 is 21.2 Å². The maximum absolute atomic E-state index is 12.2. The van der Waals surface area contributed by atoms with Crippen molar-refractivity contribution in [3.05, 3.63) is 0 Å². The highest BCUT2D eigenvalue weighted by molar-refractivity contribution is 14.1. The molecular formula is C12H19F6IO. The van der Waals surface area contributed by atoms with E-state index in [1.165, 1.54) is 0 Å². The highest BCUT2D eigenvalue weighted by atomic mass is 127. The first kappa shape index (κ1) is 20.1. The predicted octanol–water partition coefficient (Wildman–Crippen LogP) is 6.16. The van der Waals surface area contributed by atoms with Crippen molar-refractivity contribution in [1.82, 2.24) is 0 Å². The van der Waals surface area contributed by atoms with E-state index in [0.717, 1.165) is 30.1 Å². The lowest BCUT2D eigenvalue weighted by Crippen LogP contribution is -2.36. The quantitative estimate of drug-likeness (QED) is 0.179. The molecule has 0 amide bonds. The number of halogens is 7. The molecule has 0 aliphatic carbocycles. The van der Waals surface area contributed by atoms with Gasteiger partial charge in [0.15, 0.2) is 5.92 Å².